The molecule has 0 saturated heterocycles. The minimum Gasteiger partial charge on any atom is -0.311 e. The summed E-state index contributed by atoms with van der Waals surface area (Å²) in [4.78, 5) is 2.53. The van der Waals surface area contributed by atoms with Crippen LogP contribution in [0.15, 0.2) is 158 Å². The largest absolute Gasteiger partial charge is 0.311 e. The summed E-state index contributed by atoms with van der Waals surface area (Å²) >= 11 is 0. The minimum atomic E-state index is -2.55. The van der Waals surface area contributed by atoms with Crippen molar-refractivity contribution in [1.29, 1.82) is 0 Å². The Morgan fingerprint density at radius 1 is 0.378 bits per heavy atom. The summed E-state index contributed by atoms with van der Waals surface area (Å²) in [5.41, 5.74) is 10.4. The van der Waals surface area contributed by atoms with Gasteiger partial charge in [0.25, 0.3) is 0 Å². The molecule has 0 N–H and O–H groups in total. The molecule has 0 atom stereocenters. The summed E-state index contributed by atoms with van der Waals surface area (Å²) in [6.45, 7) is 0. The molecule has 3 heteroatoms. The molecule has 2 aromatic heterocycles. The lowest BCUT2D eigenvalue weighted by Crippen LogP contribution is -2.75. The molecule has 2 aliphatic heterocycles. The normalized spacial score (nSPS) is 14.4. The zero-order valence-corrected chi connectivity index (χ0v) is 25.4. The highest BCUT2D eigenvalue weighted by molar-refractivity contribution is 7.23. The Balaban J connectivity index is 1.23. The number of fused-ring (bicyclic) bond motifs is 15. The van der Waals surface area contributed by atoms with Crippen molar-refractivity contribution in [2.45, 2.75) is 0 Å². The molecule has 1 spiro atoms. The van der Waals surface area contributed by atoms with Crippen LogP contribution >= 0.6 is 0 Å². The molecule has 45 heavy (non-hydrogen) atoms. The maximum atomic E-state index is 2.53. The zero-order valence-electron chi connectivity index (χ0n) is 24.4. The lowest BCUT2D eigenvalue weighted by Gasteiger charge is -2.43. The lowest BCUT2D eigenvalue weighted by atomic mass is 10.1. The van der Waals surface area contributed by atoms with Gasteiger partial charge in [-0.2, -0.15) is 0 Å². The fourth-order valence-corrected chi connectivity index (χ4v) is 14.4. The average Bonchev–Trinajstić information content (AvgIpc) is 3.73. The monoisotopic (exact) mass is 586 g/mol. The third-order valence-corrected chi connectivity index (χ3v) is 15.5. The second kappa shape index (κ2) is 8.29. The Morgan fingerprint density at radius 2 is 0.889 bits per heavy atom. The van der Waals surface area contributed by atoms with Crippen molar-refractivity contribution in [3.8, 4) is 11.1 Å². The first kappa shape index (κ1) is 23.8. The Bertz CT molecular complexity index is 2590. The van der Waals surface area contributed by atoms with Crippen molar-refractivity contribution in [3.63, 3.8) is 0 Å². The maximum absolute atomic E-state index is 2.55. The molecule has 0 unspecified atom stereocenters. The Morgan fingerprint density at radius 3 is 1.58 bits per heavy atom. The van der Waals surface area contributed by atoms with Crippen LogP contribution < -0.4 is 25.6 Å². The fourth-order valence-electron chi connectivity index (χ4n) is 8.90. The first-order valence-electron chi connectivity index (χ1n) is 15.7. The maximum Gasteiger partial charge on any atom is 0.185 e. The van der Waals surface area contributed by atoms with Crippen LogP contribution in [0.25, 0.3) is 49.2 Å². The number of hydrogen-bond donors (Lipinski definition) is 0. The number of anilines is 3. The van der Waals surface area contributed by atoms with Crippen LogP contribution in [0, 0.1) is 0 Å². The van der Waals surface area contributed by atoms with Crippen molar-refractivity contribution in [2.24, 2.45) is 0 Å². The molecule has 0 bridgehead atoms. The molecule has 0 saturated carbocycles. The van der Waals surface area contributed by atoms with E-state index in [2.05, 4.69) is 167 Å². The Labute approximate surface area is 261 Å². The van der Waals surface area contributed by atoms with Gasteiger partial charge in [0, 0.05) is 38.6 Å². The van der Waals surface area contributed by atoms with Crippen molar-refractivity contribution in [2.75, 3.05) is 4.90 Å². The molecule has 4 heterocycles. The SMILES string of the molecule is c1ccc2c(c1)-c1ccccc1[Si]21c2ccccc2N(c2ccc3c(c2)c2cccc4c5ccccc5n3c42)c2ccccc21. The third-order valence-electron chi connectivity index (χ3n) is 10.5. The van der Waals surface area contributed by atoms with E-state index < -0.39 is 8.07 Å². The van der Waals surface area contributed by atoms with E-state index in [0.29, 0.717) is 0 Å². The van der Waals surface area contributed by atoms with Gasteiger partial charge in [-0.05, 0) is 68.3 Å². The van der Waals surface area contributed by atoms with Gasteiger partial charge in [0.05, 0.1) is 16.6 Å². The summed E-state index contributed by atoms with van der Waals surface area (Å²) in [5.74, 6) is 0. The van der Waals surface area contributed by atoms with Crippen molar-refractivity contribution in [3.05, 3.63) is 158 Å². The van der Waals surface area contributed by atoms with Crippen molar-refractivity contribution >= 4 is 84.0 Å². The van der Waals surface area contributed by atoms with E-state index in [-0.39, 0.29) is 0 Å². The van der Waals surface area contributed by atoms with Gasteiger partial charge >= 0.3 is 0 Å². The summed E-state index contributed by atoms with van der Waals surface area (Å²) in [5, 5.41) is 11.2. The summed E-state index contributed by atoms with van der Waals surface area (Å²) < 4.78 is 2.46. The number of nitrogens with zero attached hydrogens (tertiary/aromatic N) is 2. The lowest BCUT2D eigenvalue weighted by molar-refractivity contribution is 1.29. The topological polar surface area (TPSA) is 7.65 Å². The number of para-hydroxylation sites is 4. The molecule has 0 aliphatic carbocycles. The number of rotatable bonds is 1. The number of benzene rings is 7. The molecule has 0 fully saturated rings. The Kier molecular flexibility index (Phi) is 4.38. The third kappa shape index (κ3) is 2.73. The van der Waals surface area contributed by atoms with Crippen LogP contribution in [-0.4, -0.2) is 12.5 Å². The number of aromatic nitrogens is 1. The van der Waals surface area contributed by atoms with E-state index >= 15 is 0 Å². The molecule has 7 aromatic carbocycles. The van der Waals surface area contributed by atoms with Gasteiger partial charge in [0.1, 0.15) is 0 Å². The van der Waals surface area contributed by atoms with Gasteiger partial charge in [0.15, 0.2) is 8.07 Å². The first-order chi connectivity index (χ1) is 22.4. The van der Waals surface area contributed by atoms with E-state index in [9.17, 15) is 0 Å². The van der Waals surface area contributed by atoms with Gasteiger partial charge < -0.3 is 9.30 Å². The molecule has 0 amide bonds. The molecule has 208 valence electrons. The molecule has 9 aromatic rings. The highest BCUT2D eigenvalue weighted by Gasteiger charge is 2.53. The van der Waals surface area contributed by atoms with Gasteiger partial charge in [-0.3, -0.25) is 0 Å². The number of hydrogen-bond acceptors (Lipinski definition) is 1. The average molecular weight is 587 g/mol. The standard InChI is InChI=1S/C42H26N2Si/c1-4-17-34-28(12-1)31-15-11-16-32-33-26-27(24-25-35(33)44(34)42(31)32)43-36-18-5-9-22-40(36)45(41-23-10-6-19-37(41)43)38-20-7-2-13-29(38)30-14-3-8-21-39(30)45/h1-26H. The molecular formula is C42H26N2Si. The first-order valence-corrected chi connectivity index (χ1v) is 17.7. The quantitative estimate of drug-likeness (QED) is 0.177. The van der Waals surface area contributed by atoms with Crippen LogP contribution in [0.4, 0.5) is 17.1 Å². The van der Waals surface area contributed by atoms with E-state index in [0.717, 1.165) is 0 Å². The summed E-state index contributed by atoms with van der Waals surface area (Å²) in [7, 11) is -2.55. The smallest absolute Gasteiger partial charge is 0.185 e. The highest BCUT2D eigenvalue weighted by Crippen LogP contribution is 2.44. The molecule has 2 nitrogen and oxygen atoms in total. The van der Waals surface area contributed by atoms with E-state index in [1.165, 1.54) is 87.0 Å². The fraction of sp³-hybridized carbons (Fsp3) is 0. The second-order valence-corrected chi connectivity index (χ2v) is 16.1. The van der Waals surface area contributed by atoms with Gasteiger partial charge in [-0.15, -0.1) is 0 Å². The van der Waals surface area contributed by atoms with Crippen LogP contribution in [0.5, 0.6) is 0 Å². The van der Waals surface area contributed by atoms with Crippen molar-refractivity contribution < 1.29 is 0 Å². The molecule has 11 rings (SSSR count). The Hall–Kier alpha value is -5.64. The zero-order chi connectivity index (χ0) is 29.3. The predicted molar refractivity (Wildman–Crippen MR) is 192 cm³/mol. The van der Waals surface area contributed by atoms with Crippen LogP contribution in [0.2, 0.25) is 0 Å². The van der Waals surface area contributed by atoms with Gasteiger partial charge in [-0.1, -0.05) is 121 Å². The van der Waals surface area contributed by atoms with Crippen molar-refractivity contribution in [1.82, 2.24) is 4.40 Å². The van der Waals surface area contributed by atoms with E-state index in [1.807, 2.05) is 0 Å². The summed E-state index contributed by atoms with van der Waals surface area (Å²) in [6, 6.07) is 59.4. The molecule has 2 aliphatic rings. The van der Waals surface area contributed by atoms with Gasteiger partial charge in [-0.25, -0.2) is 0 Å². The van der Waals surface area contributed by atoms with E-state index in [4.69, 9.17) is 0 Å². The second-order valence-electron chi connectivity index (χ2n) is 12.5. The van der Waals surface area contributed by atoms with Crippen LogP contribution in [-0.2, 0) is 0 Å². The highest BCUT2D eigenvalue weighted by atomic mass is 28.3. The van der Waals surface area contributed by atoms with Crippen LogP contribution in [0.1, 0.15) is 0 Å². The molecular weight excluding hydrogens is 561 g/mol. The minimum absolute atomic E-state index is 1.20. The summed E-state index contributed by atoms with van der Waals surface area (Å²) in [6.07, 6.45) is 0. The van der Waals surface area contributed by atoms with Crippen LogP contribution in [0.3, 0.4) is 0 Å². The van der Waals surface area contributed by atoms with Gasteiger partial charge in [0.2, 0.25) is 0 Å². The predicted octanol–water partition coefficient (Wildman–Crippen LogP) is 7.98. The van der Waals surface area contributed by atoms with E-state index in [1.54, 1.807) is 0 Å². The molecule has 0 radical (unpaired) electrons.